The van der Waals surface area contributed by atoms with E-state index in [1.54, 1.807) is 6.07 Å². The Morgan fingerprint density at radius 1 is 1.44 bits per heavy atom. The number of carbonyl (C=O) groups is 1. The molecule has 0 bridgehead atoms. The standard InChI is InChI=1S/C12H12ClNO2/c1-6(2)8-4-3-7-5-9(12(15)16)14-11(7)10(8)13/h3-6,14H,1-2H3,(H,15,16). The van der Waals surface area contributed by atoms with Crippen molar-refractivity contribution in [1.82, 2.24) is 4.98 Å². The van der Waals surface area contributed by atoms with Gasteiger partial charge in [-0.15, -0.1) is 0 Å². The molecule has 0 radical (unpaired) electrons. The third kappa shape index (κ3) is 1.67. The zero-order valence-electron chi connectivity index (χ0n) is 9.04. The van der Waals surface area contributed by atoms with E-state index in [1.165, 1.54) is 0 Å². The van der Waals surface area contributed by atoms with Crippen molar-refractivity contribution in [2.45, 2.75) is 19.8 Å². The smallest absolute Gasteiger partial charge is 0.352 e. The van der Waals surface area contributed by atoms with Crippen LogP contribution in [0.2, 0.25) is 5.02 Å². The van der Waals surface area contributed by atoms with Crippen LogP contribution < -0.4 is 0 Å². The fourth-order valence-corrected chi connectivity index (χ4v) is 2.18. The Bertz CT molecular complexity index is 557. The predicted molar refractivity (Wildman–Crippen MR) is 64.4 cm³/mol. The van der Waals surface area contributed by atoms with Crippen LogP contribution in [0.1, 0.15) is 35.8 Å². The van der Waals surface area contributed by atoms with Crippen LogP contribution in [0.3, 0.4) is 0 Å². The molecular weight excluding hydrogens is 226 g/mol. The van der Waals surface area contributed by atoms with E-state index in [1.807, 2.05) is 26.0 Å². The Hall–Kier alpha value is -1.48. The lowest BCUT2D eigenvalue weighted by Gasteiger charge is -2.08. The quantitative estimate of drug-likeness (QED) is 0.838. The summed E-state index contributed by atoms with van der Waals surface area (Å²) in [6.45, 7) is 4.10. The van der Waals surface area contributed by atoms with Gasteiger partial charge in [0.2, 0.25) is 0 Å². The highest BCUT2D eigenvalue weighted by atomic mass is 35.5. The number of fused-ring (bicyclic) bond motifs is 1. The third-order valence-corrected chi connectivity index (χ3v) is 3.02. The van der Waals surface area contributed by atoms with Crippen LogP contribution in [0, 0.1) is 0 Å². The molecule has 1 aromatic carbocycles. The highest BCUT2D eigenvalue weighted by Crippen LogP contribution is 2.31. The maximum Gasteiger partial charge on any atom is 0.352 e. The van der Waals surface area contributed by atoms with Crippen molar-refractivity contribution in [3.8, 4) is 0 Å². The molecule has 2 aromatic rings. The summed E-state index contributed by atoms with van der Waals surface area (Å²) >= 11 is 6.23. The zero-order chi connectivity index (χ0) is 11.9. The minimum atomic E-state index is -0.974. The van der Waals surface area contributed by atoms with E-state index < -0.39 is 5.97 Å². The van der Waals surface area contributed by atoms with Gasteiger partial charge >= 0.3 is 5.97 Å². The SMILES string of the molecule is CC(C)c1ccc2cc(C(=O)O)[nH]c2c1Cl. The summed E-state index contributed by atoms with van der Waals surface area (Å²) < 4.78 is 0. The van der Waals surface area contributed by atoms with Gasteiger partial charge in [0.1, 0.15) is 5.69 Å². The summed E-state index contributed by atoms with van der Waals surface area (Å²) in [6, 6.07) is 5.42. The van der Waals surface area contributed by atoms with Gasteiger partial charge in [0.25, 0.3) is 0 Å². The maximum absolute atomic E-state index is 10.8. The van der Waals surface area contributed by atoms with Gasteiger partial charge < -0.3 is 10.1 Å². The summed E-state index contributed by atoms with van der Waals surface area (Å²) in [5.74, 6) is -0.660. The number of aromatic carboxylic acids is 1. The topological polar surface area (TPSA) is 53.1 Å². The number of rotatable bonds is 2. The highest BCUT2D eigenvalue weighted by Gasteiger charge is 2.13. The average molecular weight is 238 g/mol. The first-order valence-corrected chi connectivity index (χ1v) is 5.43. The van der Waals surface area contributed by atoms with Crippen LogP contribution in [-0.2, 0) is 0 Å². The molecule has 3 nitrogen and oxygen atoms in total. The van der Waals surface area contributed by atoms with Gasteiger partial charge in [-0.2, -0.15) is 0 Å². The zero-order valence-corrected chi connectivity index (χ0v) is 9.80. The molecule has 2 N–H and O–H groups in total. The second-order valence-electron chi connectivity index (χ2n) is 4.08. The Morgan fingerprint density at radius 2 is 2.12 bits per heavy atom. The molecule has 0 atom stereocenters. The van der Waals surface area contributed by atoms with Crippen LogP contribution in [0.15, 0.2) is 18.2 Å². The predicted octanol–water partition coefficient (Wildman–Crippen LogP) is 3.64. The number of aromatic amines is 1. The number of aromatic nitrogens is 1. The monoisotopic (exact) mass is 237 g/mol. The normalized spacial score (nSPS) is 11.2. The van der Waals surface area contributed by atoms with Crippen LogP contribution in [0.4, 0.5) is 0 Å². The Kier molecular flexibility index (Phi) is 2.64. The van der Waals surface area contributed by atoms with E-state index in [0.717, 1.165) is 10.9 Å². The fourth-order valence-electron chi connectivity index (χ4n) is 1.74. The molecule has 84 valence electrons. The minimum Gasteiger partial charge on any atom is -0.477 e. The largest absolute Gasteiger partial charge is 0.477 e. The first-order chi connectivity index (χ1) is 7.50. The molecule has 0 amide bonds. The molecule has 16 heavy (non-hydrogen) atoms. The van der Waals surface area contributed by atoms with Crippen LogP contribution in [0.25, 0.3) is 10.9 Å². The number of carboxylic acids is 1. The first-order valence-electron chi connectivity index (χ1n) is 5.05. The Morgan fingerprint density at radius 3 is 2.69 bits per heavy atom. The van der Waals surface area contributed by atoms with Crippen LogP contribution >= 0.6 is 11.6 Å². The van der Waals surface area contributed by atoms with Gasteiger partial charge in [0.15, 0.2) is 0 Å². The molecule has 0 aliphatic rings. The van der Waals surface area contributed by atoms with E-state index in [0.29, 0.717) is 16.5 Å². The van der Waals surface area contributed by atoms with Crippen molar-refractivity contribution < 1.29 is 9.90 Å². The van der Waals surface area contributed by atoms with E-state index in [9.17, 15) is 4.79 Å². The van der Waals surface area contributed by atoms with Crippen molar-refractivity contribution in [3.63, 3.8) is 0 Å². The van der Waals surface area contributed by atoms with E-state index >= 15 is 0 Å². The number of halogens is 1. The van der Waals surface area contributed by atoms with Crippen molar-refractivity contribution in [1.29, 1.82) is 0 Å². The molecular formula is C12H12ClNO2. The van der Waals surface area contributed by atoms with Gasteiger partial charge in [-0.05, 0) is 17.5 Å². The van der Waals surface area contributed by atoms with Gasteiger partial charge in [0.05, 0.1) is 10.5 Å². The van der Waals surface area contributed by atoms with Crippen molar-refractivity contribution in [3.05, 3.63) is 34.5 Å². The summed E-state index contributed by atoms with van der Waals surface area (Å²) in [6.07, 6.45) is 0. The van der Waals surface area contributed by atoms with Crippen LogP contribution in [-0.4, -0.2) is 16.1 Å². The van der Waals surface area contributed by atoms with Crippen molar-refractivity contribution in [2.75, 3.05) is 0 Å². The molecule has 0 aliphatic heterocycles. The number of carboxylic acid groups (broad SMARTS) is 1. The van der Waals surface area contributed by atoms with Gasteiger partial charge in [-0.1, -0.05) is 37.6 Å². The van der Waals surface area contributed by atoms with Gasteiger partial charge in [-0.3, -0.25) is 0 Å². The lowest BCUT2D eigenvalue weighted by Crippen LogP contribution is -1.95. The van der Waals surface area contributed by atoms with E-state index in [4.69, 9.17) is 16.7 Å². The first kappa shape index (κ1) is 11.0. The molecule has 1 heterocycles. The van der Waals surface area contributed by atoms with Crippen molar-refractivity contribution >= 4 is 28.5 Å². The maximum atomic E-state index is 10.8. The van der Waals surface area contributed by atoms with Crippen LogP contribution in [0.5, 0.6) is 0 Å². The number of nitrogens with one attached hydrogen (secondary N) is 1. The Labute approximate surface area is 98.0 Å². The molecule has 2 rings (SSSR count). The average Bonchev–Trinajstić information content (AvgIpc) is 2.62. The molecule has 4 heteroatoms. The van der Waals surface area contributed by atoms with Gasteiger partial charge in [-0.25, -0.2) is 4.79 Å². The number of benzene rings is 1. The third-order valence-electron chi connectivity index (χ3n) is 2.62. The lowest BCUT2D eigenvalue weighted by atomic mass is 10.0. The summed E-state index contributed by atoms with van der Waals surface area (Å²) in [5, 5.41) is 10.3. The number of H-pyrrole nitrogens is 1. The number of hydrogen-bond acceptors (Lipinski definition) is 1. The summed E-state index contributed by atoms with van der Waals surface area (Å²) in [4.78, 5) is 13.7. The molecule has 0 saturated carbocycles. The number of hydrogen-bond donors (Lipinski definition) is 2. The Balaban J connectivity index is 2.69. The summed E-state index contributed by atoms with van der Waals surface area (Å²) in [5.41, 5.74) is 1.89. The molecule has 0 fully saturated rings. The van der Waals surface area contributed by atoms with E-state index in [-0.39, 0.29) is 5.69 Å². The summed E-state index contributed by atoms with van der Waals surface area (Å²) in [7, 11) is 0. The molecule has 0 saturated heterocycles. The second kappa shape index (κ2) is 3.83. The second-order valence-corrected chi connectivity index (χ2v) is 4.45. The molecule has 0 aliphatic carbocycles. The highest BCUT2D eigenvalue weighted by molar-refractivity contribution is 6.36. The van der Waals surface area contributed by atoms with Crippen molar-refractivity contribution in [2.24, 2.45) is 0 Å². The lowest BCUT2D eigenvalue weighted by molar-refractivity contribution is 0.0691. The molecule has 0 spiro atoms. The van der Waals surface area contributed by atoms with E-state index in [2.05, 4.69) is 4.98 Å². The molecule has 0 unspecified atom stereocenters. The minimum absolute atomic E-state index is 0.165. The molecule has 1 aromatic heterocycles. The van der Waals surface area contributed by atoms with Gasteiger partial charge in [0, 0.05) is 5.39 Å². The fraction of sp³-hybridized carbons (Fsp3) is 0.250.